The minimum Gasteiger partial charge on any atom is -0.464 e. The van der Waals surface area contributed by atoms with Crippen molar-refractivity contribution in [2.75, 3.05) is 19.8 Å². The normalized spacial score (nSPS) is 18.0. The Kier molecular flexibility index (Phi) is 6.18. The third kappa shape index (κ3) is 4.32. The molecule has 3 heteroatoms. The van der Waals surface area contributed by atoms with Crippen LogP contribution in [0.15, 0.2) is 0 Å². The Hall–Kier alpha value is -0.570. The molecule has 60 valence electrons. The summed E-state index contributed by atoms with van der Waals surface area (Å²) >= 11 is 0. The average Bonchev–Trinajstić information content (AvgIpc) is 2.21. The molecule has 0 saturated carbocycles. The Morgan fingerprint density at radius 2 is 2.00 bits per heavy atom. The fourth-order valence-electron chi connectivity index (χ4n) is 0.544. The van der Waals surface area contributed by atoms with Crippen LogP contribution in [-0.2, 0) is 14.3 Å². The molecule has 1 aliphatic heterocycles. The van der Waals surface area contributed by atoms with Crippen molar-refractivity contribution in [3.8, 4) is 0 Å². The lowest BCUT2D eigenvalue weighted by molar-refractivity contribution is -0.145. The Morgan fingerprint density at radius 1 is 1.30 bits per heavy atom. The van der Waals surface area contributed by atoms with Crippen LogP contribution in [0.25, 0.3) is 0 Å². The largest absolute Gasteiger partial charge is 0.464 e. The van der Waals surface area contributed by atoms with E-state index in [0.29, 0.717) is 13.2 Å². The smallest absolute Gasteiger partial charge is 0.332 e. The lowest BCUT2D eigenvalue weighted by atomic mass is 10.5. The molecule has 1 fully saturated rings. The molecule has 1 aliphatic rings. The van der Waals surface area contributed by atoms with E-state index >= 15 is 0 Å². The van der Waals surface area contributed by atoms with Gasteiger partial charge >= 0.3 is 5.97 Å². The third-order valence-electron chi connectivity index (χ3n) is 0.916. The Balaban J connectivity index is 0.000000371. The lowest BCUT2D eigenvalue weighted by Crippen LogP contribution is -2.07. The van der Waals surface area contributed by atoms with Crippen molar-refractivity contribution in [2.45, 2.75) is 20.3 Å². The molecule has 0 aromatic carbocycles. The molecule has 0 unspecified atom stereocenters. The van der Waals surface area contributed by atoms with Crippen molar-refractivity contribution in [3.63, 3.8) is 0 Å². The number of rotatable bonds is 0. The third-order valence-corrected chi connectivity index (χ3v) is 0.916. The van der Waals surface area contributed by atoms with Crippen LogP contribution in [0, 0.1) is 0 Å². The average molecular weight is 146 g/mol. The van der Waals surface area contributed by atoms with Gasteiger partial charge in [-0.1, -0.05) is 13.8 Å². The highest BCUT2D eigenvalue weighted by atomic mass is 16.6. The molecule has 1 rings (SSSR count). The highest BCUT2D eigenvalue weighted by Gasteiger charge is 2.05. The fraction of sp³-hybridized carbons (Fsp3) is 0.857. The number of hydrogen-bond acceptors (Lipinski definition) is 3. The first-order valence-corrected chi connectivity index (χ1v) is 3.63. The molecule has 0 aliphatic carbocycles. The molecule has 0 radical (unpaired) electrons. The summed E-state index contributed by atoms with van der Waals surface area (Å²) in [5, 5.41) is 0. The summed E-state index contributed by atoms with van der Waals surface area (Å²) in [6.45, 7) is 5.28. The molecule has 0 atom stereocenters. The first kappa shape index (κ1) is 9.43. The molecular weight excluding hydrogens is 132 g/mol. The molecule has 0 N–H and O–H groups in total. The molecule has 10 heavy (non-hydrogen) atoms. The van der Waals surface area contributed by atoms with Gasteiger partial charge in [-0.25, -0.2) is 4.79 Å². The van der Waals surface area contributed by atoms with E-state index in [1.54, 1.807) is 0 Å². The van der Waals surface area contributed by atoms with Crippen LogP contribution in [0.4, 0.5) is 0 Å². The summed E-state index contributed by atoms with van der Waals surface area (Å²) in [7, 11) is 0. The summed E-state index contributed by atoms with van der Waals surface area (Å²) in [6.07, 6.45) is 0.825. The zero-order valence-electron chi connectivity index (χ0n) is 6.55. The van der Waals surface area contributed by atoms with Gasteiger partial charge < -0.3 is 9.47 Å². The van der Waals surface area contributed by atoms with Gasteiger partial charge in [-0.15, -0.1) is 0 Å². The molecule has 0 spiro atoms. The van der Waals surface area contributed by atoms with Crippen molar-refractivity contribution in [3.05, 3.63) is 0 Å². The van der Waals surface area contributed by atoms with Gasteiger partial charge in [0, 0.05) is 6.42 Å². The van der Waals surface area contributed by atoms with E-state index in [1.807, 2.05) is 13.8 Å². The SMILES string of the molecule is CC.O=C1COCCCO1. The Bertz CT molecular complexity index is 80.9. The maximum atomic E-state index is 10.3. The predicted molar refractivity (Wildman–Crippen MR) is 37.7 cm³/mol. The van der Waals surface area contributed by atoms with Crippen LogP contribution in [0.5, 0.6) is 0 Å². The van der Waals surface area contributed by atoms with Crippen molar-refractivity contribution in [2.24, 2.45) is 0 Å². The van der Waals surface area contributed by atoms with Crippen molar-refractivity contribution < 1.29 is 14.3 Å². The number of ether oxygens (including phenoxy) is 2. The number of esters is 1. The van der Waals surface area contributed by atoms with Gasteiger partial charge in [0.1, 0.15) is 6.61 Å². The second-order valence-electron chi connectivity index (χ2n) is 1.63. The summed E-state index contributed by atoms with van der Waals surface area (Å²) in [4.78, 5) is 10.3. The summed E-state index contributed by atoms with van der Waals surface area (Å²) in [6, 6.07) is 0. The quantitative estimate of drug-likeness (QED) is 0.478. The number of cyclic esters (lactones) is 1. The van der Waals surface area contributed by atoms with Crippen LogP contribution >= 0.6 is 0 Å². The zero-order chi connectivity index (χ0) is 7.82. The van der Waals surface area contributed by atoms with Gasteiger partial charge in [0.25, 0.3) is 0 Å². The fourth-order valence-corrected chi connectivity index (χ4v) is 0.544. The maximum absolute atomic E-state index is 10.3. The molecule has 3 nitrogen and oxygen atoms in total. The van der Waals surface area contributed by atoms with Gasteiger partial charge in [-0.3, -0.25) is 0 Å². The van der Waals surface area contributed by atoms with E-state index in [-0.39, 0.29) is 12.6 Å². The first-order chi connectivity index (χ1) is 4.89. The number of carbonyl (C=O) groups excluding carboxylic acids is 1. The Morgan fingerprint density at radius 3 is 2.70 bits per heavy atom. The van der Waals surface area contributed by atoms with Gasteiger partial charge in [0.15, 0.2) is 0 Å². The van der Waals surface area contributed by atoms with E-state index in [2.05, 4.69) is 4.74 Å². The van der Waals surface area contributed by atoms with Crippen LogP contribution < -0.4 is 0 Å². The van der Waals surface area contributed by atoms with Crippen molar-refractivity contribution in [1.82, 2.24) is 0 Å². The van der Waals surface area contributed by atoms with Gasteiger partial charge in [-0.2, -0.15) is 0 Å². The minimum absolute atomic E-state index is 0.125. The van der Waals surface area contributed by atoms with Crippen LogP contribution in [-0.4, -0.2) is 25.8 Å². The van der Waals surface area contributed by atoms with E-state index < -0.39 is 0 Å². The Labute approximate surface area is 61.3 Å². The second-order valence-corrected chi connectivity index (χ2v) is 1.63. The maximum Gasteiger partial charge on any atom is 0.332 e. The minimum atomic E-state index is -0.248. The van der Waals surface area contributed by atoms with Crippen molar-refractivity contribution >= 4 is 5.97 Å². The molecule has 0 aromatic heterocycles. The number of carbonyl (C=O) groups is 1. The standard InChI is InChI=1S/C5H8O3.C2H6/c6-5-4-7-2-1-3-8-5;1-2/h1-4H2;1-2H3. The molecule has 0 aromatic rings. The van der Waals surface area contributed by atoms with Gasteiger partial charge in [-0.05, 0) is 0 Å². The highest BCUT2D eigenvalue weighted by molar-refractivity contribution is 5.70. The number of hydrogen-bond donors (Lipinski definition) is 0. The van der Waals surface area contributed by atoms with E-state index in [0.717, 1.165) is 6.42 Å². The summed E-state index contributed by atoms with van der Waals surface area (Å²) < 4.78 is 9.47. The van der Waals surface area contributed by atoms with E-state index in [4.69, 9.17) is 4.74 Å². The highest BCUT2D eigenvalue weighted by Crippen LogP contribution is 1.92. The molecule has 0 amide bonds. The van der Waals surface area contributed by atoms with E-state index in [1.165, 1.54) is 0 Å². The second kappa shape index (κ2) is 6.55. The molecule has 0 bridgehead atoms. The summed E-state index contributed by atoms with van der Waals surface area (Å²) in [5.74, 6) is -0.248. The monoisotopic (exact) mass is 146 g/mol. The lowest BCUT2D eigenvalue weighted by Gasteiger charge is -1.92. The molecule has 1 saturated heterocycles. The predicted octanol–water partition coefficient (Wildman–Crippen LogP) is 0.976. The topological polar surface area (TPSA) is 35.5 Å². The summed E-state index contributed by atoms with van der Waals surface area (Å²) in [5.41, 5.74) is 0. The van der Waals surface area contributed by atoms with Crippen LogP contribution in [0.3, 0.4) is 0 Å². The van der Waals surface area contributed by atoms with E-state index in [9.17, 15) is 4.79 Å². The molecule has 1 heterocycles. The van der Waals surface area contributed by atoms with Gasteiger partial charge in [0.2, 0.25) is 0 Å². The van der Waals surface area contributed by atoms with Crippen LogP contribution in [0.1, 0.15) is 20.3 Å². The first-order valence-electron chi connectivity index (χ1n) is 3.63. The zero-order valence-corrected chi connectivity index (χ0v) is 6.55. The van der Waals surface area contributed by atoms with Crippen LogP contribution in [0.2, 0.25) is 0 Å². The van der Waals surface area contributed by atoms with Gasteiger partial charge in [0.05, 0.1) is 13.2 Å². The van der Waals surface area contributed by atoms with Crippen molar-refractivity contribution in [1.29, 1.82) is 0 Å². The molecular formula is C7H14O3.